The largest absolute Gasteiger partial charge is 0.508 e. The number of hydrogen-bond acceptors (Lipinski definition) is 4. The highest BCUT2D eigenvalue weighted by Gasteiger charge is 2.03. The van der Waals surface area contributed by atoms with Crippen molar-refractivity contribution in [1.82, 2.24) is 15.6 Å². The number of aromatic nitrogens is 2. The van der Waals surface area contributed by atoms with Gasteiger partial charge in [-0.05, 0) is 35.9 Å². The zero-order chi connectivity index (χ0) is 12.1. The third-order valence-electron chi connectivity index (χ3n) is 2.02. The molecule has 86 valence electrons. The maximum atomic E-state index is 11.4. The summed E-state index contributed by atoms with van der Waals surface area (Å²) in [5.41, 5.74) is 3.46. The minimum absolute atomic E-state index is 0.184. The molecule has 6 nitrogen and oxygen atoms in total. The van der Waals surface area contributed by atoms with E-state index in [0.29, 0.717) is 5.69 Å². The Kier molecular flexibility index (Phi) is 3.15. The van der Waals surface area contributed by atoms with Crippen molar-refractivity contribution in [2.45, 2.75) is 0 Å². The molecule has 2 rings (SSSR count). The lowest BCUT2D eigenvalue weighted by Gasteiger charge is -1.96. The Balaban J connectivity index is 1.94. The summed E-state index contributed by atoms with van der Waals surface area (Å²) in [6, 6.07) is 7.99. The molecule has 0 fully saturated rings. The minimum Gasteiger partial charge on any atom is -0.508 e. The molecule has 1 amide bonds. The number of aromatic hydroxyl groups is 1. The van der Waals surface area contributed by atoms with Gasteiger partial charge >= 0.3 is 0 Å². The molecule has 3 N–H and O–H groups in total. The summed E-state index contributed by atoms with van der Waals surface area (Å²) >= 11 is 0. The van der Waals surface area contributed by atoms with E-state index in [1.807, 2.05) is 0 Å². The van der Waals surface area contributed by atoms with Crippen molar-refractivity contribution < 1.29 is 9.90 Å². The van der Waals surface area contributed by atoms with E-state index in [9.17, 15) is 4.79 Å². The van der Waals surface area contributed by atoms with Crippen molar-refractivity contribution in [2.24, 2.45) is 5.10 Å². The molecule has 1 aromatic heterocycles. The van der Waals surface area contributed by atoms with Crippen LogP contribution in [0.15, 0.2) is 41.6 Å². The summed E-state index contributed by atoms with van der Waals surface area (Å²) in [7, 11) is 0. The number of hydrogen-bond donors (Lipinski definition) is 3. The van der Waals surface area contributed by atoms with E-state index in [-0.39, 0.29) is 11.7 Å². The maximum Gasteiger partial charge on any atom is 0.289 e. The van der Waals surface area contributed by atoms with Gasteiger partial charge in [-0.15, -0.1) is 0 Å². The Labute approximate surface area is 97.0 Å². The number of carbonyl (C=O) groups is 1. The van der Waals surface area contributed by atoms with E-state index in [2.05, 4.69) is 20.7 Å². The van der Waals surface area contributed by atoms with Crippen molar-refractivity contribution >= 4 is 12.1 Å². The van der Waals surface area contributed by atoms with Crippen LogP contribution in [-0.4, -0.2) is 27.4 Å². The first kappa shape index (κ1) is 10.9. The van der Waals surface area contributed by atoms with E-state index in [4.69, 9.17) is 5.11 Å². The van der Waals surface area contributed by atoms with Crippen LogP contribution < -0.4 is 5.43 Å². The molecule has 1 aromatic carbocycles. The normalized spacial score (nSPS) is 10.6. The van der Waals surface area contributed by atoms with Crippen LogP contribution in [0.3, 0.4) is 0 Å². The van der Waals surface area contributed by atoms with Gasteiger partial charge < -0.3 is 5.11 Å². The second kappa shape index (κ2) is 4.93. The number of rotatable bonds is 3. The van der Waals surface area contributed by atoms with Gasteiger partial charge in [0.05, 0.1) is 6.21 Å². The molecule has 0 saturated heterocycles. The fraction of sp³-hybridized carbons (Fsp3) is 0. The highest BCUT2D eigenvalue weighted by Crippen LogP contribution is 2.07. The fourth-order valence-electron chi connectivity index (χ4n) is 1.17. The van der Waals surface area contributed by atoms with Crippen molar-refractivity contribution in [3.63, 3.8) is 0 Å². The number of aromatic amines is 1. The third kappa shape index (κ3) is 2.91. The van der Waals surface area contributed by atoms with Crippen LogP contribution in [0.5, 0.6) is 5.75 Å². The number of nitrogens with zero attached hydrogens (tertiary/aromatic N) is 2. The van der Waals surface area contributed by atoms with E-state index in [1.165, 1.54) is 24.5 Å². The Bertz CT molecular complexity index is 517. The summed E-state index contributed by atoms with van der Waals surface area (Å²) in [6.07, 6.45) is 2.96. The van der Waals surface area contributed by atoms with Crippen molar-refractivity contribution in [3.05, 3.63) is 47.8 Å². The van der Waals surface area contributed by atoms with Crippen molar-refractivity contribution in [1.29, 1.82) is 0 Å². The molecule has 0 bridgehead atoms. The van der Waals surface area contributed by atoms with Crippen LogP contribution in [0.2, 0.25) is 0 Å². The van der Waals surface area contributed by atoms with Crippen LogP contribution in [0, 0.1) is 0 Å². The van der Waals surface area contributed by atoms with Gasteiger partial charge in [-0.25, -0.2) is 5.43 Å². The average Bonchev–Trinajstić information content (AvgIpc) is 2.85. The average molecular weight is 230 g/mol. The van der Waals surface area contributed by atoms with Gasteiger partial charge in [0.25, 0.3) is 5.91 Å². The van der Waals surface area contributed by atoms with Gasteiger partial charge in [0.1, 0.15) is 11.4 Å². The molecule has 17 heavy (non-hydrogen) atoms. The first-order valence-corrected chi connectivity index (χ1v) is 4.87. The van der Waals surface area contributed by atoms with Crippen molar-refractivity contribution in [3.8, 4) is 5.75 Å². The number of hydrazone groups is 1. The predicted molar refractivity (Wildman–Crippen MR) is 61.8 cm³/mol. The summed E-state index contributed by atoms with van der Waals surface area (Å²) in [6.45, 7) is 0. The van der Waals surface area contributed by atoms with E-state index in [1.54, 1.807) is 18.2 Å². The van der Waals surface area contributed by atoms with Gasteiger partial charge in [-0.2, -0.15) is 10.2 Å². The molecule has 0 atom stereocenters. The minimum atomic E-state index is -0.363. The van der Waals surface area contributed by atoms with E-state index in [0.717, 1.165) is 5.56 Å². The first-order chi connectivity index (χ1) is 8.25. The molecule has 6 heteroatoms. The maximum absolute atomic E-state index is 11.4. The van der Waals surface area contributed by atoms with Crippen LogP contribution >= 0.6 is 0 Å². The van der Waals surface area contributed by atoms with Crippen molar-refractivity contribution in [2.75, 3.05) is 0 Å². The second-order valence-electron chi connectivity index (χ2n) is 3.26. The molecule has 0 aliphatic carbocycles. The zero-order valence-corrected chi connectivity index (χ0v) is 8.79. The molecule has 2 aromatic rings. The summed E-state index contributed by atoms with van der Waals surface area (Å²) < 4.78 is 0. The molecule has 1 heterocycles. The fourth-order valence-corrected chi connectivity index (χ4v) is 1.17. The SMILES string of the molecule is O=C(N/N=C/c1ccc(O)cc1)c1ccn[nH]1. The van der Waals surface area contributed by atoms with Crippen LogP contribution in [0.25, 0.3) is 0 Å². The summed E-state index contributed by atoms with van der Waals surface area (Å²) in [5.74, 6) is -0.179. The Morgan fingerprint density at radius 2 is 2.12 bits per heavy atom. The zero-order valence-electron chi connectivity index (χ0n) is 8.79. The molecule has 0 aliphatic heterocycles. The Morgan fingerprint density at radius 1 is 1.35 bits per heavy atom. The molecular formula is C11H10N4O2. The molecule has 0 unspecified atom stereocenters. The number of nitrogens with one attached hydrogen (secondary N) is 2. The first-order valence-electron chi connectivity index (χ1n) is 4.87. The highest BCUT2D eigenvalue weighted by atomic mass is 16.3. The topological polar surface area (TPSA) is 90.4 Å². The molecule has 0 spiro atoms. The van der Waals surface area contributed by atoms with Gasteiger partial charge in [-0.1, -0.05) is 0 Å². The lowest BCUT2D eigenvalue weighted by atomic mass is 10.2. The molecular weight excluding hydrogens is 220 g/mol. The second-order valence-corrected chi connectivity index (χ2v) is 3.26. The van der Waals surface area contributed by atoms with E-state index >= 15 is 0 Å². The number of H-pyrrole nitrogens is 1. The summed E-state index contributed by atoms with van der Waals surface area (Å²) in [4.78, 5) is 11.4. The van der Waals surface area contributed by atoms with Gasteiger partial charge in [0.2, 0.25) is 0 Å². The number of phenols is 1. The standard InChI is InChI=1S/C11H10N4O2/c16-9-3-1-8(2-4-9)7-13-15-11(17)10-5-6-12-14-10/h1-7,16H,(H,12,14)(H,15,17)/b13-7+. The van der Waals surface area contributed by atoms with Crippen LogP contribution in [-0.2, 0) is 0 Å². The van der Waals surface area contributed by atoms with Crippen LogP contribution in [0.4, 0.5) is 0 Å². The number of amides is 1. The lowest BCUT2D eigenvalue weighted by molar-refractivity contribution is 0.0950. The Hall–Kier alpha value is -2.63. The third-order valence-corrected chi connectivity index (χ3v) is 2.02. The van der Waals surface area contributed by atoms with Gasteiger partial charge in [-0.3, -0.25) is 9.89 Å². The quantitative estimate of drug-likeness (QED) is 0.540. The predicted octanol–water partition coefficient (Wildman–Crippen LogP) is 0.879. The van der Waals surface area contributed by atoms with Crippen LogP contribution in [0.1, 0.15) is 16.1 Å². The highest BCUT2D eigenvalue weighted by molar-refractivity contribution is 5.92. The van der Waals surface area contributed by atoms with Gasteiger partial charge in [0, 0.05) is 6.20 Å². The molecule has 0 aliphatic rings. The number of benzene rings is 1. The Morgan fingerprint density at radius 3 is 2.76 bits per heavy atom. The monoisotopic (exact) mass is 230 g/mol. The summed E-state index contributed by atoms with van der Waals surface area (Å²) in [5, 5.41) is 19.0. The smallest absolute Gasteiger partial charge is 0.289 e. The number of phenolic OH excluding ortho intramolecular Hbond substituents is 1. The molecule has 0 radical (unpaired) electrons. The lowest BCUT2D eigenvalue weighted by Crippen LogP contribution is -2.17. The van der Waals surface area contributed by atoms with Gasteiger partial charge in [0.15, 0.2) is 0 Å². The molecule has 0 saturated carbocycles. The van der Waals surface area contributed by atoms with E-state index < -0.39 is 0 Å². The number of carbonyl (C=O) groups excluding carboxylic acids is 1.